The molecule has 0 bridgehead atoms. The number of aromatic nitrogens is 1. The number of hydrogen-bond acceptors (Lipinski definition) is 4. The van der Waals surface area contributed by atoms with Crippen molar-refractivity contribution in [2.75, 3.05) is 24.7 Å². The maximum atomic E-state index is 11.8. The molecule has 1 aliphatic heterocycles. The number of aliphatic hydroxyl groups excluding tert-OH is 1. The van der Waals surface area contributed by atoms with Crippen LogP contribution in [0, 0.1) is 0 Å². The Morgan fingerprint density at radius 1 is 1.57 bits per heavy atom. The summed E-state index contributed by atoms with van der Waals surface area (Å²) in [6.45, 7) is 1.82. The molecule has 2 aromatic rings. The minimum Gasteiger partial charge on any atom is -0.483 e. The monoisotopic (exact) mass is 334 g/mol. The Bertz CT molecular complexity index is 678. The maximum Gasteiger partial charge on any atom is 0.258 e. The molecule has 5 nitrogen and oxygen atoms in total. The number of H-pyrrole nitrogens is 1. The van der Waals surface area contributed by atoms with Crippen molar-refractivity contribution in [3.63, 3.8) is 0 Å². The highest BCUT2D eigenvalue weighted by molar-refractivity contribution is 7.99. The molecule has 3 rings (SSSR count). The van der Waals surface area contributed by atoms with E-state index in [9.17, 15) is 9.90 Å². The van der Waals surface area contributed by atoms with Gasteiger partial charge in [-0.25, -0.2) is 0 Å². The third kappa shape index (κ3) is 3.82. The van der Waals surface area contributed by atoms with E-state index in [0.29, 0.717) is 5.92 Å². The van der Waals surface area contributed by atoms with Gasteiger partial charge < -0.3 is 20.1 Å². The van der Waals surface area contributed by atoms with E-state index >= 15 is 0 Å². The molecule has 1 aromatic carbocycles. The highest BCUT2D eigenvalue weighted by atomic mass is 32.2. The molecular formula is C17H22N2O3S. The molecule has 1 amide bonds. The van der Waals surface area contributed by atoms with Gasteiger partial charge in [0.25, 0.3) is 5.91 Å². The van der Waals surface area contributed by atoms with Crippen LogP contribution < -0.4 is 10.1 Å². The van der Waals surface area contributed by atoms with Gasteiger partial charge in [-0.1, -0.05) is 6.07 Å². The number of nitrogens with one attached hydrogen (secondary N) is 2. The first-order valence-electron chi connectivity index (χ1n) is 7.90. The second kappa shape index (κ2) is 7.27. The lowest BCUT2D eigenvalue weighted by atomic mass is 9.98. The lowest BCUT2D eigenvalue weighted by Crippen LogP contribution is -2.34. The lowest BCUT2D eigenvalue weighted by Gasteiger charge is -2.12. The largest absolute Gasteiger partial charge is 0.483 e. The normalized spacial score (nSPS) is 19.0. The Hall–Kier alpha value is -1.66. The van der Waals surface area contributed by atoms with E-state index in [4.69, 9.17) is 4.74 Å². The number of ether oxygens (including phenoxy) is 1. The van der Waals surface area contributed by atoms with Crippen LogP contribution in [0.4, 0.5) is 0 Å². The van der Waals surface area contributed by atoms with Crippen molar-refractivity contribution in [1.29, 1.82) is 0 Å². The number of aromatic amines is 1. The van der Waals surface area contributed by atoms with E-state index in [1.807, 2.05) is 30.0 Å². The van der Waals surface area contributed by atoms with Crippen molar-refractivity contribution in [2.24, 2.45) is 0 Å². The number of hydrogen-bond donors (Lipinski definition) is 3. The minimum atomic E-state index is -0.557. The first-order chi connectivity index (χ1) is 11.1. The molecule has 1 aromatic heterocycles. The van der Waals surface area contributed by atoms with Gasteiger partial charge in [-0.3, -0.25) is 4.79 Å². The molecule has 2 heterocycles. The van der Waals surface area contributed by atoms with Crippen molar-refractivity contribution in [3.05, 3.63) is 30.0 Å². The van der Waals surface area contributed by atoms with Gasteiger partial charge in [0.2, 0.25) is 0 Å². The molecule has 0 saturated carbocycles. The zero-order valence-electron chi connectivity index (χ0n) is 13.2. The molecular weight excluding hydrogens is 312 g/mol. The second-order valence-electron chi connectivity index (χ2n) is 5.93. The predicted molar refractivity (Wildman–Crippen MR) is 93.2 cm³/mol. The predicted octanol–water partition coefficient (Wildman–Crippen LogP) is 2.26. The van der Waals surface area contributed by atoms with Crippen molar-refractivity contribution in [1.82, 2.24) is 10.3 Å². The van der Waals surface area contributed by atoms with Gasteiger partial charge >= 0.3 is 0 Å². The molecule has 124 valence electrons. The standard InChI is InChI=1S/C17H22N2O3S/c1-11(20)7-19-16(21)9-22-15-4-2-3-14-17(15)13(8-18-14)12-5-6-23-10-12/h2-4,8,11-12,18,20H,5-7,9-10H2,1H3,(H,19,21). The summed E-state index contributed by atoms with van der Waals surface area (Å²) in [5.41, 5.74) is 2.32. The molecule has 23 heavy (non-hydrogen) atoms. The van der Waals surface area contributed by atoms with Gasteiger partial charge in [-0.2, -0.15) is 11.8 Å². The van der Waals surface area contributed by atoms with Gasteiger partial charge in [-0.05, 0) is 42.7 Å². The molecule has 2 unspecified atom stereocenters. The Morgan fingerprint density at radius 3 is 3.17 bits per heavy atom. The molecule has 2 atom stereocenters. The zero-order valence-corrected chi connectivity index (χ0v) is 14.0. The van der Waals surface area contributed by atoms with E-state index in [-0.39, 0.29) is 19.1 Å². The summed E-state index contributed by atoms with van der Waals surface area (Å²) < 4.78 is 5.75. The Morgan fingerprint density at radius 2 is 2.43 bits per heavy atom. The van der Waals surface area contributed by atoms with Crippen molar-refractivity contribution < 1.29 is 14.6 Å². The van der Waals surface area contributed by atoms with Crippen LogP contribution in [0.3, 0.4) is 0 Å². The summed E-state index contributed by atoms with van der Waals surface area (Å²) in [7, 11) is 0. The van der Waals surface area contributed by atoms with E-state index in [1.54, 1.807) is 6.92 Å². The summed E-state index contributed by atoms with van der Waals surface area (Å²) in [4.78, 5) is 15.1. The van der Waals surface area contributed by atoms with Gasteiger partial charge in [0.05, 0.1) is 6.10 Å². The number of fused-ring (bicyclic) bond motifs is 1. The molecule has 6 heteroatoms. The maximum absolute atomic E-state index is 11.8. The smallest absolute Gasteiger partial charge is 0.258 e. The second-order valence-corrected chi connectivity index (χ2v) is 7.07. The Kier molecular flexibility index (Phi) is 5.13. The fourth-order valence-electron chi connectivity index (χ4n) is 2.85. The number of carbonyl (C=O) groups is 1. The van der Waals surface area contributed by atoms with Crippen LogP contribution in [0.25, 0.3) is 10.9 Å². The molecule has 1 fully saturated rings. The average Bonchev–Trinajstić information content (AvgIpc) is 3.19. The molecule has 3 N–H and O–H groups in total. The van der Waals surface area contributed by atoms with Gasteiger partial charge in [-0.15, -0.1) is 0 Å². The number of rotatable bonds is 6. The van der Waals surface area contributed by atoms with Gasteiger partial charge in [0, 0.05) is 29.4 Å². The van der Waals surface area contributed by atoms with Crippen molar-refractivity contribution >= 4 is 28.6 Å². The highest BCUT2D eigenvalue weighted by Crippen LogP contribution is 2.39. The van der Waals surface area contributed by atoms with Gasteiger partial charge in [0.1, 0.15) is 5.75 Å². The third-order valence-electron chi connectivity index (χ3n) is 4.02. The fraction of sp³-hybridized carbons (Fsp3) is 0.471. The zero-order chi connectivity index (χ0) is 16.2. The molecule has 1 aliphatic rings. The van der Waals surface area contributed by atoms with Crippen molar-refractivity contribution in [2.45, 2.75) is 25.4 Å². The summed E-state index contributed by atoms with van der Waals surface area (Å²) in [5.74, 6) is 3.39. The number of benzene rings is 1. The molecule has 0 aliphatic carbocycles. The average molecular weight is 334 g/mol. The van der Waals surface area contributed by atoms with Crippen LogP contribution in [0.1, 0.15) is 24.8 Å². The summed E-state index contributed by atoms with van der Waals surface area (Å²) >= 11 is 1.98. The highest BCUT2D eigenvalue weighted by Gasteiger charge is 2.22. The summed E-state index contributed by atoms with van der Waals surface area (Å²) in [6.07, 6.45) is 2.70. The summed E-state index contributed by atoms with van der Waals surface area (Å²) in [5, 5.41) is 12.9. The summed E-state index contributed by atoms with van der Waals surface area (Å²) in [6, 6.07) is 5.86. The third-order valence-corrected chi connectivity index (χ3v) is 5.18. The van der Waals surface area contributed by atoms with Crippen LogP contribution in [0.2, 0.25) is 0 Å². The van der Waals surface area contributed by atoms with Crippen LogP contribution >= 0.6 is 11.8 Å². The Labute approximate surface area is 139 Å². The molecule has 0 radical (unpaired) electrons. The van der Waals surface area contributed by atoms with E-state index in [0.717, 1.165) is 22.4 Å². The van der Waals surface area contributed by atoms with Crippen LogP contribution in [-0.4, -0.2) is 46.8 Å². The SMILES string of the molecule is CC(O)CNC(=O)COc1cccc2[nH]cc(C3CCSC3)c12. The van der Waals surface area contributed by atoms with E-state index < -0.39 is 6.10 Å². The number of carbonyl (C=O) groups excluding carboxylic acids is 1. The Balaban J connectivity index is 1.75. The fourth-order valence-corrected chi connectivity index (χ4v) is 4.10. The quantitative estimate of drug-likeness (QED) is 0.757. The van der Waals surface area contributed by atoms with Crippen LogP contribution in [0.15, 0.2) is 24.4 Å². The van der Waals surface area contributed by atoms with Gasteiger partial charge in [0.15, 0.2) is 6.61 Å². The molecule has 1 saturated heterocycles. The minimum absolute atomic E-state index is 0.0458. The van der Waals surface area contributed by atoms with E-state index in [2.05, 4.69) is 16.5 Å². The van der Waals surface area contributed by atoms with Crippen LogP contribution in [-0.2, 0) is 4.79 Å². The molecule has 0 spiro atoms. The number of amides is 1. The van der Waals surface area contributed by atoms with Crippen molar-refractivity contribution in [3.8, 4) is 5.75 Å². The van der Waals surface area contributed by atoms with Crippen LogP contribution in [0.5, 0.6) is 5.75 Å². The lowest BCUT2D eigenvalue weighted by molar-refractivity contribution is -0.123. The number of aliphatic hydroxyl groups is 1. The van der Waals surface area contributed by atoms with E-state index in [1.165, 1.54) is 17.7 Å². The number of thioether (sulfide) groups is 1. The first kappa shape index (κ1) is 16.2. The first-order valence-corrected chi connectivity index (χ1v) is 9.06. The topological polar surface area (TPSA) is 74.3 Å².